The molecule has 4 N–H and O–H groups in total. The van der Waals surface area contributed by atoms with Crippen molar-refractivity contribution >= 4 is 34.4 Å². The van der Waals surface area contributed by atoms with Crippen LogP contribution in [0.5, 0.6) is 5.75 Å². The van der Waals surface area contributed by atoms with Crippen LogP contribution in [0.2, 0.25) is 0 Å². The molecule has 0 radical (unpaired) electrons. The van der Waals surface area contributed by atoms with E-state index < -0.39 is 10.9 Å². The predicted molar refractivity (Wildman–Crippen MR) is 140 cm³/mol. The van der Waals surface area contributed by atoms with Crippen molar-refractivity contribution in [1.29, 1.82) is 0 Å². The van der Waals surface area contributed by atoms with Crippen LogP contribution in [0.3, 0.4) is 0 Å². The quantitative estimate of drug-likeness (QED) is 0.189. The molecule has 0 unspecified atom stereocenters. The molecular formula is C26H34N3O5S+. The standard InChI is InChI=1S/C14H20.C12H13N3O5S/c1-4-8-14(11-12(2)3)13-9-6-5-7-10-13;1-7-13-11(6-21-7)15(18,19)14-9-4-3-8(12(16)17)5-10(9)20-2/h5-10,12H,4,11H2,1-3H3;3-6,14,18-19H,1-2H3/p+1/b14-8+;. The van der Waals surface area contributed by atoms with Crippen molar-refractivity contribution in [2.75, 3.05) is 12.5 Å². The number of aromatic carboxylic acids is 1. The van der Waals surface area contributed by atoms with Crippen LogP contribution in [0, 0.1) is 12.8 Å². The van der Waals surface area contributed by atoms with Crippen LogP contribution >= 0.6 is 11.3 Å². The Bertz CT molecular complexity index is 1130. The number of benzene rings is 2. The number of carboxylic acid groups (broad SMARTS) is 1. The van der Waals surface area contributed by atoms with Crippen LogP contribution < -0.4 is 15.1 Å². The molecular weight excluding hydrogens is 466 g/mol. The van der Waals surface area contributed by atoms with Gasteiger partial charge >= 0.3 is 11.8 Å². The van der Waals surface area contributed by atoms with Crippen molar-refractivity contribution in [3.63, 3.8) is 0 Å². The first-order valence-electron chi connectivity index (χ1n) is 11.3. The zero-order valence-corrected chi connectivity index (χ0v) is 21.5. The lowest BCUT2D eigenvalue weighted by Crippen LogP contribution is -2.48. The Labute approximate surface area is 210 Å². The lowest BCUT2D eigenvalue weighted by atomic mass is 9.96. The number of carboxylic acids is 1. The topological polar surface area (TPSA) is 112 Å². The second kappa shape index (κ2) is 13.0. The van der Waals surface area contributed by atoms with Gasteiger partial charge in [-0.25, -0.2) is 4.79 Å². The molecule has 1 heterocycles. The van der Waals surface area contributed by atoms with Crippen molar-refractivity contribution in [1.82, 2.24) is 9.90 Å². The molecule has 3 rings (SSSR count). The molecule has 188 valence electrons. The molecule has 0 aliphatic carbocycles. The van der Waals surface area contributed by atoms with E-state index >= 15 is 0 Å². The second-order valence-electron chi connectivity index (χ2n) is 8.26. The molecule has 9 heteroatoms. The number of nitrogens with zero attached hydrogens (tertiary/aromatic N) is 2. The molecule has 0 atom stereocenters. The van der Waals surface area contributed by atoms with Gasteiger partial charge in [-0.2, -0.15) is 10.4 Å². The number of carbonyl (C=O) groups is 1. The summed E-state index contributed by atoms with van der Waals surface area (Å²) in [6.07, 6.45) is 4.64. The van der Waals surface area contributed by atoms with Gasteiger partial charge in [0.1, 0.15) is 16.4 Å². The zero-order chi connectivity index (χ0) is 26.0. The molecule has 0 spiro atoms. The fourth-order valence-corrected chi connectivity index (χ4v) is 3.92. The molecule has 0 aliphatic heterocycles. The number of hydrogen-bond donors (Lipinski definition) is 4. The molecule has 8 nitrogen and oxygen atoms in total. The summed E-state index contributed by atoms with van der Waals surface area (Å²) < 4.78 is 5.05. The van der Waals surface area contributed by atoms with E-state index in [1.54, 1.807) is 6.92 Å². The Morgan fingerprint density at radius 2 is 1.86 bits per heavy atom. The predicted octanol–water partition coefficient (Wildman–Crippen LogP) is 6.80. The molecule has 2 aromatic carbocycles. The van der Waals surface area contributed by atoms with Crippen LogP contribution in [-0.4, -0.2) is 33.6 Å². The molecule has 3 aromatic rings. The Kier molecular flexibility index (Phi) is 10.4. The first kappa shape index (κ1) is 28.0. The lowest BCUT2D eigenvalue weighted by Gasteiger charge is -2.20. The number of anilines is 1. The summed E-state index contributed by atoms with van der Waals surface area (Å²) in [5, 5.41) is 31.1. The van der Waals surface area contributed by atoms with Gasteiger partial charge < -0.3 is 9.84 Å². The SMILES string of the molecule is CC/C=C(\CC(C)C)c1ccccc1.COc1cc(C(=O)O)ccc1N[N+](O)(O)c1csc(C)n1. The van der Waals surface area contributed by atoms with Crippen molar-refractivity contribution in [2.45, 2.75) is 40.5 Å². The minimum atomic E-state index is -1.67. The Morgan fingerprint density at radius 1 is 1.17 bits per heavy atom. The number of methoxy groups -OCH3 is 1. The minimum absolute atomic E-state index is 0.0122. The van der Waals surface area contributed by atoms with Gasteiger partial charge in [-0.15, -0.1) is 21.8 Å². The summed E-state index contributed by atoms with van der Waals surface area (Å²) in [7, 11) is 1.35. The zero-order valence-electron chi connectivity index (χ0n) is 20.7. The van der Waals surface area contributed by atoms with Crippen LogP contribution in [-0.2, 0) is 0 Å². The Morgan fingerprint density at radius 3 is 2.37 bits per heavy atom. The van der Waals surface area contributed by atoms with Crippen LogP contribution in [0.25, 0.3) is 5.57 Å². The van der Waals surface area contributed by atoms with Crippen molar-refractivity contribution < 1.29 is 25.1 Å². The first-order valence-corrected chi connectivity index (χ1v) is 12.2. The Hall–Kier alpha value is -3.24. The second-order valence-corrected chi connectivity index (χ2v) is 9.32. The van der Waals surface area contributed by atoms with Crippen LogP contribution in [0.4, 0.5) is 11.5 Å². The highest BCUT2D eigenvalue weighted by Crippen LogP contribution is 2.29. The van der Waals surface area contributed by atoms with E-state index in [2.05, 4.69) is 67.6 Å². The summed E-state index contributed by atoms with van der Waals surface area (Å²) in [6.45, 7) is 8.47. The fraction of sp³-hybridized carbons (Fsp3) is 0.308. The third kappa shape index (κ3) is 8.48. The average Bonchev–Trinajstić information content (AvgIpc) is 3.27. The number of rotatable bonds is 9. The third-order valence-electron chi connectivity index (χ3n) is 4.87. The summed E-state index contributed by atoms with van der Waals surface area (Å²) >= 11 is 1.26. The molecule has 0 saturated carbocycles. The van der Waals surface area contributed by atoms with Gasteiger partial charge in [0, 0.05) is 0 Å². The minimum Gasteiger partial charge on any atom is -0.494 e. The molecule has 0 amide bonds. The maximum absolute atomic E-state index is 10.9. The van der Waals surface area contributed by atoms with Gasteiger partial charge in [0.25, 0.3) is 0 Å². The van der Waals surface area contributed by atoms with E-state index in [1.165, 1.54) is 59.6 Å². The van der Waals surface area contributed by atoms with Crippen molar-refractivity contribution in [2.24, 2.45) is 5.92 Å². The van der Waals surface area contributed by atoms with Gasteiger partial charge in [0.05, 0.1) is 23.1 Å². The van der Waals surface area contributed by atoms with Crippen molar-refractivity contribution in [3.05, 3.63) is 76.1 Å². The van der Waals surface area contributed by atoms with E-state index in [0.29, 0.717) is 5.01 Å². The summed E-state index contributed by atoms with van der Waals surface area (Å²) in [4.78, 5) is 13.2. The summed E-state index contributed by atoms with van der Waals surface area (Å²) in [5.74, 6) is -0.231. The number of quaternary nitrogens is 1. The number of hydrogen-bond acceptors (Lipinski definition) is 7. The Balaban J connectivity index is 0.000000269. The first-order chi connectivity index (χ1) is 16.6. The van der Waals surface area contributed by atoms with Crippen LogP contribution in [0.1, 0.15) is 54.5 Å². The highest BCUT2D eigenvalue weighted by molar-refractivity contribution is 7.09. The number of nitrogens with one attached hydrogen (secondary N) is 1. The summed E-state index contributed by atoms with van der Waals surface area (Å²) in [5.41, 5.74) is 5.51. The lowest BCUT2D eigenvalue weighted by molar-refractivity contribution is -0.274. The monoisotopic (exact) mass is 500 g/mol. The highest BCUT2D eigenvalue weighted by Gasteiger charge is 2.32. The van der Waals surface area contributed by atoms with Gasteiger partial charge in [-0.05, 0) is 55.0 Å². The van der Waals surface area contributed by atoms with Gasteiger partial charge in [0.2, 0.25) is 0 Å². The molecule has 35 heavy (non-hydrogen) atoms. The number of thiazole rings is 1. The van der Waals surface area contributed by atoms with Crippen molar-refractivity contribution in [3.8, 4) is 5.75 Å². The smallest absolute Gasteiger partial charge is 0.335 e. The number of allylic oxidation sites excluding steroid dienone is 2. The van der Waals surface area contributed by atoms with Gasteiger partial charge in [-0.1, -0.05) is 57.2 Å². The van der Waals surface area contributed by atoms with E-state index in [9.17, 15) is 15.2 Å². The highest BCUT2D eigenvalue weighted by atomic mass is 32.1. The van der Waals surface area contributed by atoms with Gasteiger partial charge in [-0.3, -0.25) is 0 Å². The molecule has 0 bridgehead atoms. The van der Waals surface area contributed by atoms with Crippen LogP contribution in [0.15, 0.2) is 60.0 Å². The maximum atomic E-state index is 10.9. The summed E-state index contributed by atoms with van der Waals surface area (Å²) in [6, 6.07) is 14.7. The van der Waals surface area contributed by atoms with E-state index in [-0.39, 0.29) is 22.8 Å². The molecule has 0 aliphatic rings. The van der Waals surface area contributed by atoms with E-state index in [1.807, 2.05) is 0 Å². The normalized spacial score (nSPS) is 11.6. The van der Waals surface area contributed by atoms with E-state index in [0.717, 1.165) is 12.3 Å². The number of ether oxygens (including phenoxy) is 1. The average molecular weight is 501 g/mol. The number of aromatic nitrogens is 1. The van der Waals surface area contributed by atoms with Gasteiger partial charge in [0.15, 0.2) is 0 Å². The third-order valence-corrected chi connectivity index (χ3v) is 5.64. The molecule has 0 saturated heterocycles. The molecule has 0 fully saturated rings. The van der Waals surface area contributed by atoms with E-state index in [4.69, 9.17) is 9.84 Å². The maximum Gasteiger partial charge on any atom is 0.335 e. The fourth-order valence-electron chi connectivity index (χ4n) is 3.29. The molecule has 1 aromatic heterocycles. The number of aryl methyl sites for hydroxylation is 1. The largest absolute Gasteiger partial charge is 0.494 e.